The van der Waals surface area contributed by atoms with E-state index in [1.54, 1.807) is 0 Å². The largest absolute Gasteiger partial charge is 0.463 e. The molecular formula is C13H14Cl2N2O7. The summed E-state index contributed by atoms with van der Waals surface area (Å²) in [5.74, 6) is -1.17. The molecule has 132 valence electrons. The first-order chi connectivity index (χ1) is 11.2. The fourth-order valence-electron chi connectivity index (χ4n) is 2.23. The van der Waals surface area contributed by atoms with Gasteiger partial charge in [0.05, 0.1) is 0 Å². The summed E-state index contributed by atoms with van der Waals surface area (Å²) < 4.78 is 16.5. The third kappa shape index (κ3) is 3.97. The molecule has 1 aliphatic rings. The van der Waals surface area contributed by atoms with Crippen LogP contribution in [0.4, 0.5) is 0 Å². The molecule has 1 fully saturated rings. The number of halogens is 2. The van der Waals surface area contributed by atoms with Gasteiger partial charge in [0.25, 0.3) is 5.56 Å². The second-order valence-electron chi connectivity index (χ2n) is 5.03. The molecule has 24 heavy (non-hydrogen) atoms. The summed E-state index contributed by atoms with van der Waals surface area (Å²) in [7, 11) is 0. The van der Waals surface area contributed by atoms with Gasteiger partial charge in [0.15, 0.2) is 12.3 Å². The lowest BCUT2D eigenvalue weighted by atomic mass is 10.1. The highest BCUT2D eigenvalue weighted by atomic mass is 35.5. The Labute approximate surface area is 145 Å². The molecule has 0 amide bonds. The van der Waals surface area contributed by atoms with Crippen LogP contribution in [0.1, 0.15) is 20.1 Å². The molecule has 1 aromatic heterocycles. The normalized spacial score (nSPS) is 26.2. The Balaban J connectivity index is 2.33. The third-order valence-corrected chi connectivity index (χ3v) is 3.95. The van der Waals surface area contributed by atoms with Gasteiger partial charge in [0, 0.05) is 20.0 Å². The number of hydrogen-bond donors (Lipinski definition) is 1. The van der Waals surface area contributed by atoms with Crippen molar-refractivity contribution < 1.29 is 23.8 Å². The molecule has 0 spiro atoms. The lowest BCUT2D eigenvalue weighted by Gasteiger charge is -2.19. The molecule has 4 atom stereocenters. The number of H-pyrrole nitrogens is 1. The van der Waals surface area contributed by atoms with Gasteiger partial charge in [-0.3, -0.25) is 23.9 Å². The Kier molecular flexibility index (Phi) is 5.68. The highest BCUT2D eigenvalue weighted by Crippen LogP contribution is 2.35. The van der Waals surface area contributed by atoms with E-state index in [4.69, 9.17) is 37.4 Å². The van der Waals surface area contributed by atoms with E-state index in [1.807, 2.05) is 4.98 Å². The maximum absolute atomic E-state index is 11.9. The van der Waals surface area contributed by atoms with Gasteiger partial charge in [-0.2, -0.15) is 0 Å². The van der Waals surface area contributed by atoms with Crippen LogP contribution >= 0.6 is 23.2 Å². The average molecular weight is 381 g/mol. The van der Waals surface area contributed by atoms with E-state index < -0.39 is 47.0 Å². The minimum atomic E-state index is -1.08. The Morgan fingerprint density at radius 3 is 2.58 bits per heavy atom. The van der Waals surface area contributed by atoms with Crippen LogP contribution in [0.3, 0.4) is 0 Å². The molecule has 0 saturated carbocycles. The molecule has 0 aliphatic carbocycles. The molecule has 0 unspecified atom stereocenters. The number of aromatic amines is 1. The van der Waals surface area contributed by atoms with Crippen LogP contribution in [-0.4, -0.2) is 45.7 Å². The highest BCUT2D eigenvalue weighted by molar-refractivity contribution is 6.30. The summed E-state index contributed by atoms with van der Waals surface area (Å²) in [4.78, 5) is 47.5. The van der Waals surface area contributed by atoms with E-state index in [0.717, 1.165) is 10.8 Å². The number of nitrogens with zero attached hydrogens (tertiary/aromatic N) is 1. The fraction of sp³-hybridized carbons (Fsp3) is 0.538. The number of carbonyl (C=O) groups is 2. The number of esters is 2. The number of aromatic nitrogens is 2. The van der Waals surface area contributed by atoms with Crippen LogP contribution in [-0.2, 0) is 23.8 Å². The maximum atomic E-state index is 11.9. The predicted octanol–water partition coefficient (Wildman–Crippen LogP) is 0.190. The summed E-state index contributed by atoms with van der Waals surface area (Å²) in [6, 6.07) is 0. The van der Waals surface area contributed by atoms with Crippen LogP contribution in [0.25, 0.3) is 0 Å². The van der Waals surface area contributed by atoms with E-state index in [2.05, 4.69) is 0 Å². The van der Waals surface area contributed by atoms with Crippen molar-refractivity contribution in [2.45, 2.75) is 37.7 Å². The first-order valence-corrected chi connectivity index (χ1v) is 7.63. The molecule has 0 radical (unpaired) electrons. The second kappa shape index (κ2) is 7.37. The minimum Gasteiger partial charge on any atom is -0.463 e. The molecule has 0 bridgehead atoms. The maximum Gasteiger partial charge on any atom is 0.330 e. The zero-order valence-corrected chi connectivity index (χ0v) is 14.2. The van der Waals surface area contributed by atoms with E-state index in [-0.39, 0.29) is 11.6 Å². The lowest BCUT2D eigenvalue weighted by molar-refractivity contribution is -0.155. The van der Waals surface area contributed by atoms with Gasteiger partial charge >= 0.3 is 17.6 Å². The third-order valence-electron chi connectivity index (χ3n) is 3.22. The van der Waals surface area contributed by atoms with Crippen LogP contribution in [0.2, 0.25) is 5.02 Å². The molecule has 1 aliphatic heterocycles. The van der Waals surface area contributed by atoms with Crippen LogP contribution in [0, 0.1) is 0 Å². The van der Waals surface area contributed by atoms with Gasteiger partial charge < -0.3 is 14.2 Å². The molecule has 0 aromatic carbocycles. The molecule has 1 aromatic rings. The Morgan fingerprint density at radius 1 is 1.33 bits per heavy atom. The van der Waals surface area contributed by atoms with Crippen molar-refractivity contribution in [1.82, 2.24) is 9.55 Å². The zero-order valence-electron chi connectivity index (χ0n) is 12.7. The van der Waals surface area contributed by atoms with Gasteiger partial charge in [0.1, 0.15) is 23.1 Å². The highest BCUT2D eigenvalue weighted by Gasteiger charge is 2.47. The van der Waals surface area contributed by atoms with Gasteiger partial charge in [-0.15, -0.1) is 11.6 Å². The summed E-state index contributed by atoms with van der Waals surface area (Å²) in [6.07, 6.45) is -1.87. The first-order valence-electron chi connectivity index (χ1n) is 6.81. The number of ether oxygens (including phenoxy) is 3. The summed E-state index contributed by atoms with van der Waals surface area (Å²) >= 11 is 12.0. The van der Waals surface area contributed by atoms with Crippen molar-refractivity contribution in [3.63, 3.8) is 0 Å². The smallest absolute Gasteiger partial charge is 0.330 e. The molecular weight excluding hydrogens is 367 g/mol. The molecule has 2 rings (SSSR count). The summed E-state index contributed by atoms with van der Waals surface area (Å²) in [5.41, 5.74) is -1.55. The van der Waals surface area contributed by atoms with Crippen molar-refractivity contribution >= 4 is 35.1 Å². The summed E-state index contributed by atoms with van der Waals surface area (Å²) in [5, 5.41) is -1.22. The van der Waals surface area contributed by atoms with Crippen molar-refractivity contribution in [3.8, 4) is 0 Å². The molecule has 1 N–H and O–H groups in total. The van der Waals surface area contributed by atoms with Crippen LogP contribution in [0.5, 0.6) is 0 Å². The Bertz CT molecular complexity index is 759. The zero-order chi connectivity index (χ0) is 18.0. The number of nitrogens with one attached hydrogen (secondary N) is 1. The standard InChI is InChI=1S/C13H14Cl2N2O7/c1-5(18)22-4-8-10(23-6(2)19)9(15)12(24-8)17-3-7(14)11(20)16-13(17)21/h3,8-10,12H,4H2,1-2H3,(H,16,20,21)/t8-,9+,10-,12-/m1/s1. The van der Waals surface area contributed by atoms with Gasteiger partial charge in [-0.1, -0.05) is 11.6 Å². The van der Waals surface area contributed by atoms with Crippen molar-refractivity contribution in [1.29, 1.82) is 0 Å². The monoisotopic (exact) mass is 380 g/mol. The van der Waals surface area contributed by atoms with Crippen molar-refractivity contribution in [2.75, 3.05) is 6.61 Å². The second-order valence-corrected chi connectivity index (χ2v) is 5.94. The quantitative estimate of drug-likeness (QED) is 0.585. The van der Waals surface area contributed by atoms with Crippen LogP contribution < -0.4 is 11.2 Å². The average Bonchev–Trinajstić information content (AvgIpc) is 2.77. The fourth-order valence-corrected chi connectivity index (χ4v) is 2.78. The topological polar surface area (TPSA) is 117 Å². The van der Waals surface area contributed by atoms with Gasteiger partial charge in [-0.25, -0.2) is 4.79 Å². The molecule has 2 heterocycles. The Morgan fingerprint density at radius 2 is 2.00 bits per heavy atom. The minimum absolute atomic E-state index is 0.223. The van der Waals surface area contributed by atoms with E-state index >= 15 is 0 Å². The van der Waals surface area contributed by atoms with E-state index in [9.17, 15) is 19.2 Å². The lowest BCUT2D eigenvalue weighted by Crippen LogP contribution is -2.37. The van der Waals surface area contributed by atoms with E-state index in [1.165, 1.54) is 13.8 Å². The Hall–Kier alpha value is -1.84. The predicted molar refractivity (Wildman–Crippen MR) is 82.1 cm³/mol. The molecule has 1 saturated heterocycles. The number of alkyl halides is 1. The van der Waals surface area contributed by atoms with Crippen molar-refractivity contribution in [2.24, 2.45) is 0 Å². The molecule has 9 nitrogen and oxygen atoms in total. The summed E-state index contributed by atoms with van der Waals surface area (Å²) in [6.45, 7) is 2.17. The van der Waals surface area contributed by atoms with Gasteiger partial charge in [0.2, 0.25) is 0 Å². The number of carbonyl (C=O) groups excluding carboxylic acids is 2. The number of rotatable bonds is 4. The molecule has 11 heteroatoms. The number of hydrogen-bond acceptors (Lipinski definition) is 7. The van der Waals surface area contributed by atoms with Gasteiger partial charge in [-0.05, 0) is 0 Å². The first kappa shape index (κ1) is 18.5. The van der Waals surface area contributed by atoms with Crippen molar-refractivity contribution in [3.05, 3.63) is 32.1 Å². The van der Waals surface area contributed by atoms with Crippen LogP contribution in [0.15, 0.2) is 15.8 Å². The SMILES string of the molecule is CC(=O)OC[C@H]1O[C@@H](n2cc(Cl)c(=O)[nH]c2=O)[C@@H](Cl)[C@@H]1OC(C)=O. The van der Waals surface area contributed by atoms with E-state index in [0.29, 0.717) is 0 Å².